The van der Waals surface area contributed by atoms with Crippen molar-refractivity contribution in [3.05, 3.63) is 65.5 Å². The molecular formula is C28H40FN5O3. The average Bonchev–Trinajstić information content (AvgIpc) is 3.13. The van der Waals surface area contributed by atoms with E-state index < -0.39 is 6.04 Å². The van der Waals surface area contributed by atoms with E-state index in [9.17, 15) is 19.1 Å². The Bertz CT molecular complexity index is 1000. The van der Waals surface area contributed by atoms with Gasteiger partial charge in [0, 0.05) is 18.5 Å². The molecule has 3 rings (SSSR count). The normalized spacial score (nSPS) is 17.7. The number of hydrogen-bond acceptors (Lipinski definition) is 6. The van der Waals surface area contributed by atoms with Gasteiger partial charge in [-0.15, -0.1) is 0 Å². The molecule has 0 bridgehead atoms. The Labute approximate surface area is 218 Å². The molecule has 0 spiro atoms. The first kappa shape index (κ1) is 28.6. The molecule has 9 heteroatoms. The van der Waals surface area contributed by atoms with Gasteiger partial charge in [-0.2, -0.15) is 0 Å². The van der Waals surface area contributed by atoms with E-state index in [1.807, 2.05) is 11.8 Å². The summed E-state index contributed by atoms with van der Waals surface area (Å²) in [7, 11) is 0. The molecule has 1 aliphatic heterocycles. The summed E-state index contributed by atoms with van der Waals surface area (Å²) in [6.07, 6.45) is 5.00. The summed E-state index contributed by atoms with van der Waals surface area (Å²) < 4.78 is 13.2. The Balaban J connectivity index is 1.63. The predicted molar refractivity (Wildman–Crippen MR) is 142 cm³/mol. The number of carbonyl (C=O) groups excluding carboxylic acids is 2. The fourth-order valence-electron chi connectivity index (χ4n) is 4.77. The van der Waals surface area contributed by atoms with E-state index >= 15 is 0 Å². The van der Waals surface area contributed by atoms with Gasteiger partial charge in [0.15, 0.2) is 0 Å². The lowest BCUT2D eigenvalue weighted by atomic mass is 9.94. The van der Waals surface area contributed by atoms with E-state index in [2.05, 4.69) is 5.43 Å². The number of phenolic OH excluding ortho intramolecular Hbond substituents is 1. The lowest BCUT2D eigenvalue weighted by molar-refractivity contribution is -0.141. The molecule has 3 unspecified atom stereocenters. The maximum atomic E-state index is 13.3. The Morgan fingerprint density at radius 2 is 1.73 bits per heavy atom. The Hall–Kier alpha value is -3.01. The highest BCUT2D eigenvalue weighted by Gasteiger charge is 2.40. The number of hydrogen-bond donors (Lipinski definition) is 4. The molecule has 202 valence electrons. The van der Waals surface area contributed by atoms with Crippen LogP contribution < -0.4 is 16.9 Å². The Kier molecular flexibility index (Phi) is 10.9. The first-order valence-electron chi connectivity index (χ1n) is 13.1. The van der Waals surface area contributed by atoms with Crippen LogP contribution in [0.4, 0.5) is 4.39 Å². The van der Waals surface area contributed by atoms with Crippen molar-refractivity contribution in [2.75, 3.05) is 19.8 Å². The maximum Gasteiger partial charge on any atom is 0.259 e. The van der Waals surface area contributed by atoms with Crippen molar-refractivity contribution < 1.29 is 19.1 Å². The predicted octanol–water partition coefficient (Wildman–Crippen LogP) is 2.69. The number of nitrogens with one attached hydrogen (secondary N) is 1. The van der Waals surface area contributed by atoms with Crippen molar-refractivity contribution in [1.29, 1.82) is 0 Å². The average molecular weight is 514 g/mol. The molecule has 1 heterocycles. The second kappa shape index (κ2) is 14.1. The maximum absolute atomic E-state index is 13.3. The molecule has 37 heavy (non-hydrogen) atoms. The number of rotatable bonds is 14. The summed E-state index contributed by atoms with van der Waals surface area (Å²) in [6, 6.07) is 12.6. The number of carbonyl (C=O) groups is 2. The summed E-state index contributed by atoms with van der Waals surface area (Å²) in [5.41, 5.74) is 16.5. The Morgan fingerprint density at radius 1 is 1.08 bits per heavy atom. The van der Waals surface area contributed by atoms with Crippen molar-refractivity contribution in [2.45, 2.75) is 64.0 Å². The molecule has 1 aliphatic rings. The van der Waals surface area contributed by atoms with Crippen LogP contribution in [0.2, 0.25) is 0 Å². The van der Waals surface area contributed by atoms with E-state index in [-0.39, 0.29) is 42.0 Å². The molecule has 1 fully saturated rings. The Morgan fingerprint density at radius 3 is 2.38 bits per heavy atom. The van der Waals surface area contributed by atoms with Crippen LogP contribution in [0.3, 0.4) is 0 Å². The third kappa shape index (κ3) is 8.80. The number of nitrogens with two attached hydrogens (primary N) is 2. The second-order valence-electron chi connectivity index (χ2n) is 10.0. The van der Waals surface area contributed by atoms with Crippen LogP contribution in [-0.2, 0) is 22.4 Å². The van der Waals surface area contributed by atoms with Crippen LogP contribution in [0, 0.1) is 11.7 Å². The van der Waals surface area contributed by atoms with Crippen LogP contribution in [0.1, 0.15) is 50.2 Å². The summed E-state index contributed by atoms with van der Waals surface area (Å²) in [5.74, 6) is -0.690. The zero-order chi connectivity index (χ0) is 26.8. The van der Waals surface area contributed by atoms with Crippen LogP contribution >= 0.6 is 0 Å². The first-order valence-corrected chi connectivity index (χ1v) is 13.1. The minimum atomic E-state index is -0.454. The summed E-state index contributed by atoms with van der Waals surface area (Å²) in [4.78, 5) is 28.6. The lowest BCUT2D eigenvalue weighted by Crippen LogP contribution is -2.47. The highest BCUT2D eigenvalue weighted by atomic mass is 19.1. The van der Waals surface area contributed by atoms with Crippen LogP contribution in [0.5, 0.6) is 5.75 Å². The quantitative estimate of drug-likeness (QED) is 0.288. The van der Waals surface area contributed by atoms with E-state index in [0.29, 0.717) is 32.4 Å². The molecule has 6 N–H and O–H groups in total. The molecular weight excluding hydrogens is 473 g/mol. The monoisotopic (exact) mass is 513 g/mol. The van der Waals surface area contributed by atoms with Gasteiger partial charge in [-0.05, 0) is 87.4 Å². The van der Waals surface area contributed by atoms with Crippen molar-refractivity contribution >= 4 is 11.8 Å². The minimum absolute atomic E-state index is 0.138. The van der Waals surface area contributed by atoms with E-state index in [1.165, 1.54) is 17.1 Å². The zero-order valence-electron chi connectivity index (χ0n) is 21.6. The fourth-order valence-corrected chi connectivity index (χ4v) is 4.77. The highest BCUT2D eigenvalue weighted by Crippen LogP contribution is 2.22. The number of halogens is 1. The number of nitrogens with zero attached hydrogens (tertiary/aromatic N) is 2. The summed E-state index contributed by atoms with van der Waals surface area (Å²) in [5, 5.41) is 11.0. The zero-order valence-corrected chi connectivity index (χ0v) is 21.6. The molecule has 0 aliphatic carbocycles. The van der Waals surface area contributed by atoms with Gasteiger partial charge in [-0.25, -0.2) is 9.40 Å². The lowest BCUT2D eigenvalue weighted by Gasteiger charge is -2.24. The SMILES string of the molecule is CC(N)CN1CN(NC(=O)C(CCCCN)CCCc2ccc(F)cc2)C(=O)C1Cc1ccc(O)cc1. The second-order valence-corrected chi connectivity index (χ2v) is 10.0. The van der Waals surface area contributed by atoms with Crippen molar-refractivity contribution in [1.82, 2.24) is 15.3 Å². The first-order chi connectivity index (χ1) is 17.8. The summed E-state index contributed by atoms with van der Waals surface area (Å²) >= 11 is 0. The number of aryl methyl sites for hydroxylation is 1. The van der Waals surface area contributed by atoms with Crippen molar-refractivity contribution in [2.24, 2.45) is 17.4 Å². The fraction of sp³-hybridized carbons (Fsp3) is 0.500. The largest absolute Gasteiger partial charge is 0.508 e. The summed E-state index contributed by atoms with van der Waals surface area (Å²) in [6.45, 7) is 3.23. The molecule has 1 saturated heterocycles. The number of hydrazine groups is 1. The molecule has 0 saturated carbocycles. The topological polar surface area (TPSA) is 125 Å². The van der Waals surface area contributed by atoms with E-state index in [1.54, 1.807) is 36.4 Å². The number of benzene rings is 2. The number of phenols is 1. The molecule has 3 atom stereocenters. The number of aromatic hydroxyl groups is 1. The molecule has 0 radical (unpaired) electrons. The van der Waals surface area contributed by atoms with Crippen LogP contribution in [0.15, 0.2) is 48.5 Å². The van der Waals surface area contributed by atoms with Gasteiger partial charge in [-0.3, -0.25) is 19.9 Å². The third-order valence-corrected chi connectivity index (χ3v) is 6.76. The highest BCUT2D eigenvalue weighted by molar-refractivity contribution is 5.87. The third-order valence-electron chi connectivity index (χ3n) is 6.76. The van der Waals surface area contributed by atoms with E-state index in [0.717, 1.165) is 36.8 Å². The van der Waals surface area contributed by atoms with Gasteiger partial charge in [0.25, 0.3) is 5.91 Å². The molecule has 2 amide bonds. The molecule has 2 aromatic carbocycles. The van der Waals surface area contributed by atoms with E-state index in [4.69, 9.17) is 11.5 Å². The van der Waals surface area contributed by atoms with Gasteiger partial charge >= 0.3 is 0 Å². The number of amides is 2. The minimum Gasteiger partial charge on any atom is -0.508 e. The molecule has 0 aromatic heterocycles. The van der Waals surface area contributed by atoms with Gasteiger partial charge < -0.3 is 16.6 Å². The van der Waals surface area contributed by atoms with Crippen molar-refractivity contribution in [3.8, 4) is 5.75 Å². The van der Waals surface area contributed by atoms with Gasteiger partial charge in [0.2, 0.25) is 5.91 Å². The van der Waals surface area contributed by atoms with Gasteiger partial charge in [0.1, 0.15) is 11.6 Å². The van der Waals surface area contributed by atoms with Gasteiger partial charge in [-0.1, -0.05) is 30.7 Å². The number of unbranched alkanes of at least 4 members (excludes halogenated alkanes) is 1. The van der Waals surface area contributed by atoms with Crippen LogP contribution in [0.25, 0.3) is 0 Å². The smallest absolute Gasteiger partial charge is 0.259 e. The van der Waals surface area contributed by atoms with Crippen molar-refractivity contribution in [3.63, 3.8) is 0 Å². The standard InChI is InChI=1S/C28H40FN5O3/c1-20(31)18-33-19-34(28(37)26(33)17-22-10-14-25(35)15-11-22)32-27(36)23(6-2-3-16-30)7-4-5-21-8-12-24(29)13-9-21/h8-15,20,23,26,35H,2-7,16-19,30-31H2,1H3,(H,32,36). The van der Waals surface area contributed by atoms with Gasteiger partial charge in [0.05, 0.1) is 12.7 Å². The molecule has 2 aromatic rings. The molecule has 8 nitrogen and oxygen atoms in total. The van der Waals surface area contributed by atoms with Crippen LogP contribution in [-0.4, -0.2) is 58.7 Å².